The number of aromatic amines is 1. The molecule has 0 amide bonds. The van der Waals surface area contributed by atoms with Crippen molar-refractivity contribution >= 4 is 0 Å². The van der Waals surface area contributed by atoms with Crippen LogP contribution in [-0.4, -0.2) is 16.2 Å². The first-order valence-corrected chi connectivity index (χ1v) is 4.37. The zero-order chi connectivity index (χ0) is 9.84. The number of nitrogens with one attached hydrogen (secondary N) is 1. The third-order valence-corrected chi connectivity index (χ3v) is 2.10. The van der Waals surface area contributed by atoms with Crippen molar-refractivity contribution in [3.8, 4) is 0 Å². The largest absolute Gasteiger partial charge is 0.384 e. The van der Waals surface area contributed by atoms with Gasteiger partial charge in [-0.15, -0.1) is 0 Å². The molecule has 1 rings (SSSR count). The van der Waals surface area contributed by atoms with E-state index in [4.69, 9.17) is 5.90 Å². The van der Waals surface area contributed by atoms with Crippen LogP contribution in [0.15, 0.2) is 12.3 Å². The number of aliphatic hydroxyl groups excluding tert-OH is 1. The van der Waals surface area contributed by atoms with Crippen LogP contribution in [0.1, 0.15) is 30.7 Å². The van der Waals surface area contributed by atoms with Crippen LogP contribution >= 0.6 is 0 Å². The molecule has 0 aliphatic heterocycles. The molecule has 4 nitrogen and oxygen atoms in total. The van der Waals surface area contributed by atoms with E-state index in [1.807, 2.05) is 26.1 Å². The third kappa shape index (κ3) is 2.30. The molecule has 4 heteroatoms. The number of aromatic nitrogens is 1. The molecule has 0 spiro atoms. The minimum atomic E-state index is -0.677. The van der Waals surface area contributed by atoms with Crippen LogP contribution in [0.25, 0.3) is 0 Å². The lowest BCUT2D eigenvalue weighted by Gasteiger charge is -2.17. The van der Waals surface area contributed by atoms with Crippen molar-refractivity contribution in [2.24, 2.45) is 5.90 Å². The molecule has 1 aromatic heterocycles. The molecule has 0 bridgehead atoms. The summed E-state index contributed by atoms with van der Waals surface area (Å²) in [4.78, 5) is 7.62. The van der Waals surface area contributed by atoms with Gasteiger partial charge in [0.2, 0.25) is 0 Å². The van der Waals surface area contributed by atoms with E-state index in [9.17, 15) is 5.11 Å². The Morgan fingerprint density at radius 1 is 1.69 bits per heavy atom. The van der Waals surface area contributed by atoms with Crippen LogP contribution in [0.3, 0.4) is 0 Å². The topological polar surface area (TPSA) is 71.3 Å². The van der Waals surface area contributed by atoms with Crippen LogP contribution in [0.5, 0.6) is 0 Å². The lowest BCUT2D eigenvalue weighted by molar-refractivity contribution is -0.0436. The monoisotopic (exact) mass is 184 g/mol. The molecule has 2 unspecified atom stereocenters. The lowest BCUT2D eigenvalue weighted by atomic mass is 10.1. The van der Waals surface area contributed by atoms with Crippen molar-refractivity contribution in [1.29, 1.82) is 0 Å². The average Bonchev–Trinajstić information content (AvgIpc) is 2.54. The second-order valence-corrected chi connectivity index (χ2v) is 3.16. The van der Waals surface area contributed by atoms with Gasteiger partial charge in [-0.25, -0.2) is 5.90 Å². The summed E-state index contributed by atoms with van der Waals surface area (Å²) in [5, 5.41) is 9.76. The highest BCUT2D eigenvalue weighted by molar-refractivity contribution is 5.17. The van der Waals surface area contributed by atoms with E-state index in [1.165, 1.54) is 0 Å². The van der Waals surface area contributed by atoms with Crippen LogP contribution in [0.2, 0.25) is 0 Å². The van der Waals surface area contributed by atoms with Gasteiger partial charge in [-0.2, -0.15) is 0 Å². The standard InChI is InChI=1S/C9H16N2O2/c1-3-8(13-10)9(12)7-4-6(2)5-11-7/h4-5,8-9,11-12H,3,10H2,1-2H3. The highest BCUT2D eigenvalue weighted by atomic mass is 16.6. The Bertz CT molecular complexity index is 256. The molecule has 0 fully saturated rings. The first kappa shape index (κ1) is 10.2. The van der Waals surface area contributed by atoms with E-state index in [1.54, 1.807) is 0 Å². The van der Waals surface area contributed by atoms with Crippen molar-refractivity contribution in [3.63, 3.8) is 0 Å². The second kappa shape index (κ2) is 4.41. The van der Waals surface area contributed by atoms with Crippen molar-refractivity contribution < 1.29 is 9.94 Å². The molecule has 1 aromatic rings. The first-order chi connectivity index (χ1) is 6.19. The zero-order valence-corrected chi connectivity index (χ0v) is 7.95. The van der Waals surface area contributed by atoms with Gasteiger partial charge in [-0.1, -0.05) is 6.92 Å². The summed E-state index contributed by atoms with van der Waals surface area (Å²) in [5.74, 6) is 5.05. The van der Waals surface area contributed by atoms with Gasteiger partial charge in [-0.3, -0.25) is 4.84 Å². The Morgan fingerprint density at radius 2 is 2.38 bits per heavy atom. The Hall–Kier alpha value is -0.840. The number of H-pyrrole nitrogens is 1. The fourth-order valence-electron chi connectivity index (χ4n) is 1.29. The molecular formula is C9H16N2O2. The van der Waals surface area contributed by atoms with Gasteiger partial charge in [0.15, 0.2) is 0 Å². The Morgan fingerprint density at radius 3 is 2.77 bits per heavy atom. The van der Waals surface area contributed by atoms with E-state index in [-0.39, 0.29) is 6.10 Å². The fourth-order valence-corrected chi connectivity index (χ4v) is 1.29. The normalized spacial score (nSPS) is 15.7. The number of aliphatic hydroxyl groups is 1. The van der Waals surface area contributed by atoms with Crippen molar-refractivity contribution in [2.45, 2.75) is 32.5 Å². The summed E-state index contributed by atoms with van der Waals surface area (Å²) >= 11 is 0. The van der Waals surface area contributed by atoms with E-state index in [2.05, 4.69) is 9.82 Å². The molecule has 74 valence electrons. The number of rotatable bonds is 4. The molecule has 4 N–H and O–H groups in total. The number of hydrogen-bond donors (Lipinski definition) is 3. The fraction of sp³-hybridized carbons (Fsp3) is 0.556. The first-order valence-electron chi connectivity index (χ1n) is 4.37. The molecule has 0 saturated carbocycles. The number of nitrogens with two attached hydrogens (primary N) is 1. The Labute approximate surface area is 77.7 Å². The van der Waals surface area contributed by atoms with Crippen LogP contribution < -0.4 is 5.90 Å². The van der Waals surface area contributed by atoms with E-state index < -0.39 is 6.10 Å². The smallest absolute Gasteiger partial charge is 0.122 e. The zero-order valence-electron chi connectivity index (χ0n) is 7.95. The molecule has 2 atom stereocenters. The predicted octanol–water partition coefficient (Wildman–Crippen LogP) is 1.03. The van der Waals surface area contributed by atoms with E-state index >= 15 is 0 Å². The summed E-state index contributed by atoms with van der Waals surface area (Å²) in [5.41, 5.74) is 1.83. The van der Waals surface area contributed by atoms with Crippen LogP contribution in [0, 0.1) is 6.92 Å². The van der Waals surface area contributed by atoms with Gasteiger partial charge >= 0.3 is 0 Å². The summed E-state index contributed by atoms with van der Waals surface area (Å²) in [6.45, 7) is 3.87. The molecule has 1 heterocycles. The molecule has 0 aliphatic rings. The Kier molecular flexibility index (Phi) is 3.48. The van der Waals surface area contributed by atoms with Gasteiger partial charge in [0.05, 0.1) is 0 Å². The van der Waals surface area contributed by atoms with Crippen molar-refractivity contribution in [3.05, 3.63) is 23.5 Å². The molecule has 0 aromatic carbocycles. The summed E-state index contributed by atoms with van der Waals surface area (Å²) in [7, 11) is 0. The maximum Gasteiger partial charge on any atom is 0.122 e. The molecule has 13 heavy (non-hydrogen) atoms. The maximum atomic E-state index is 9.76. The van der Waals surface area contributed by atoms with Gasteiger partial charge < -0.3 is 10.1 Å². The minimum absolute atomic E-state index is 0.349. The second-order valence-electron chi connectivity index (χ2n) is 3.16. The third-order valence-electron chi connectivity index (χ3n) is 2.10. The molecule has 0 saturated heterocycles. The van der Waals surface area contributed by atoms with E-state index in [0.717, 1.165) is 11.3 Å². The quantitative estimate of drug-likeness (QED) is 0.612. The van der Waals surface area contributed by atoms with Gasteiger partial charge in [-0.05, 0) is 25.0 Å². The van der Waals surface area contributed by atoms with Gasteiger partial charge in [0, 0.05) is 11.9 Å². The highest BCUT2D eigenvalue weighted by Crippen LogP contribution is 2.19. The summed E-state index contributed by atoms with van der Waals surface area (Å²) < 4.78 is 0. The number of hydrogen-bond acceptors (Lipinski definition) is 3. The van der Waals surface area contributed by atoms with Crippen molar-refractivity contribution in [2.75, 3.05) is 0 Å². The summed E-state index contributed by atoms with van der Waals surface area (Å²) in [6, 6.07) is 1.88. The minimum Gasteiger partial charge on any atom is -0.384 e. The maximum absolute atomic E-state index is 9.76. The van der Waals surface area contributed by atoms with Gasteiger partial charge in [0.1, 0.15) is 12.2 Å². The predicted molar refractivity (Wildman–Crippen MR) is 49.8 cm³/mol. The summed E-state index contributed by atoms with van der Waals surface area (Å²) in [6.07, 6.45) is 1.49. The Balaban J connectivity index is 2.71. The number of aryl methyl sites for hydroxylation is 1. The average molecular weight is 184 g/mol. The SMILES string of the molecule is CCC(ON)C(O)c1cc(C)c[nH]1. The van der Waals surface area contributed by atoms with Crippen LogP contribution in [0.4, 0.5) is 0 Å². The van der Waals surface area contributed by atoms with Crippen LogP contribution in [-0.2, 0) is 4.84 Å². The van der Waals surface area contributed by atoms with Gasteiger partial charge in [0.25, 0.3) is 0 Å². The van der Waals surface area contributed by atoms with Crippen molar-refractivity contribution in [1.82, 2.24) is 4.98 Å². The lowest BCUT2D eigenvalue weighted by Crippen LogP contribution is -2.24. The molecule has 0 aliphatic carbocycles. The highest BCUT2D eigenvalue weighted by Gasteiger charge is 2.20. The van der Waals surface area contributed by atoms with E-state index in [0.29, 0.717) is 6.42 Å². The molecular weight excluding hydrogens is 168 g/mol. The molecule has 0 radical (unpaired) electrons.